The lowest BCUT2D eigenvalue weighted by atomic mass is 9.96. The number of nitrogens with one attached hydrogen (secondary N) is 1. The Bertz CT molecular complexity index is 635. The summed E-state index contributed by atoms with van der Waals surface area (Å²) >= 11 is 0. The molecule has 0 spiro atoms. The van der Waals surface area contributed by atoms with Crippen LogP contribution in [0.2, 0.25) is 0 Å². The lowest BCUT2D eigenvalue weighted by Crippen LogP contribution is -2.47. The molecular weight excluding hydrogens is 320 g/mol. The minimum atomic E-state index is -0.0778. The highest BCUT2D eigenvalue weighted by molar-refractivity contribution is 5.93. The molecule has 1 aromatic carbocycles. The number of nitrogens with zero attached hydrogens (tertiary/aromatic N) is 2. The molecule has 0 radical (unpaired) electrons. The molecule has 0 atom stereocenters. The Morgan fingerprint density at radius 2 is 1.76 bits per heavy atom. The summed E-state index contributed by atoms with van der Waals surface area (Å²) in [7, 11) is 1.56. The molecule has 0 aromatic heterocycles. The van der Waals surface area contributed by atoms with Gasteiger partial charge in [-0.1, -0.05) is 0 Å². The Kier molecular flexibility index (Phi) is 5.31. The summed E-state index contributed by atoms with van der Waals surface area (Å²) in [6, 6.07) is 5.34. The number of hydrogen-bond acceptors (Lipinski definition) is 4. The van der Waals surface area contributed by atoms with Crippen molar-refractivity contribution < 1.29 is 14.3 Å². The van der Waals surface area contributed by atoms with Crippen LogP contribution in [0.15, 0.2) is 18.2 Å². The number of carbonyl (C=O) groups excluding carboxylic acids is 2. The van der Waals surface area contributed by atoms with Crippen LogP contribution in [-0.2, 0) is 4.79 Å². The zero-order chi connectivity index (χ0) is 17.8. The fourth-order valence-corrected chi connectivity index (χ4v) is 3.50. The number of likely N-dealkylation sites (tertiary alicyclic amines) is 2. The molecule has 3 rings (SSSR count). The average Bonchev–Trinajstić information content (AvgIpc) is 3.16. The summed E-state index contributed by atoms with van der Waals surface area (Å²) < 4.78 is 5.12. The van der Waals surface area contributed by atoms with E-state index in [1.165, 1.54) is 0 Å². The molecule has 2 saturated heterocycles. The topological polar surface area (TPSA) is 87.9 Å². The minimum absolute atomic E-state index is 0.0159. The number of rotatable bonds is 3. The van der Waals surface area contributed by atoms with E-state index in [4.69, 9.17) is 10.5 Å². The van der Waals surface area contributed by atoms with E-state index in [0.29, 0.717) is 43.1 Å². The number of piperidine rings is 1. The van der Waals surface area contributed by atoms with E-state index in [-0.39, 0.29) is 17.9 Å². The van der Waals surface area contributed by atoms with Gasteiger partial charge < -0.3 is 25.6 Å². The Labute approximate surface area is 148 Å². The molecule has 136 valence electrons. The van der Waals surface area contributed by atoms with E-state index in [0.717, 1.165) is 25.9 Å². The van der Waals surface area contributed by atoms with Crippen molar-refractivity contribution in [1.29, 1.82) is 0 Å². The third-order valence-corrected chi connectivity index (χ3v) is 5.01. The predicted molar refractivity (Wildman–Crippen MR) is 96.5 cm³/mol. The van der Waals surface area contributed by atoms with Gasteiger partial charge in [-0.15, -0.1) is 0 Å². The summed E-state index contributed by atoms with van der Waals surface area (Å²) in [5.41, 5.74) is 7.03. The molecule has 0 bridgehead atoms. The molecule has 2 aliphatic heterocycles. The molecule has 2 heterocycles. The number of methoxy groups -OCH3 is 1. The number of amides is 3. The lowest BCUT2D eigenvalue weighted by molar-refractivity contribution is -0.121. The number of anilines is 2. The molecule has 0 aliphatic carbocycles. The van der Waals surface area contributed by atoms with Crippen LogP contribution in [0.4, 0.5) is 16.2 Å². The van der Waals surface area contributed by atoms with Crippen LogP contribution in [0.1, 0.15) is 25.7 Å². The van der Waals surface area contributed by atoms with Crippen molar-refractivity contribution in [2.45, 2.75) is 25.7 Å². The zero-order valence-electron chi connectivity index (χ0n) is 14.7. The van der Waals surface area contributed by atoms with Crippen molar-refractivity contribution >= 4 is 23.3 Å². The summed E-state index contributed by atoms with van der Waals surface area (Å²) in [6.07, 6.45) is 3.57. The van der Waals surface area contributed by atoms with Gasteiger partial charge in [0.15, 0.2) is 0 Å². The Hall–Kier alpha value is -2.44. The van der Waals surface area contributed by atoms with Crippen LogP contribution in [-0.4, -0.2) is 55.0 Å². The average molecular weight is 346 g/mol. The number of carbonyl (C=O) groups is 2. The molecule has 2 fully saturated rings. The smallest absolute Gasteiger partial charge is 0.319 e. The first-order valence-electron chi connectivity index (χ1n) is 8.86. The predicted octanol–water partition coefficient (Wildman–Crippen LogP) is 2.14. The number of nitrogen functional groups attached to an aromatic ring is 1. The third-order valence-electron chi connectivity index (χ3n) is 5.01. The van der Waals surface area contributed by atoms with E-state index in [1.807, 2.05) is 9.80 Å². The Balaban J connectivity index is 1.51. The first-order valence-corrected chi connectivity index (χ1v) is 8.86. The Morgan fingerprint density at radius 3 is 2.36 bits per heavy atom. The fourth-order valence-electron chi connectivity index (χ4n) is 3.50. The van der Waals surface area contributed by atoms with E-state index < -0.39 is 0 Å². The highest BCUT2D eigenvalue weighted by Crippen LogP contribution is 2.26. The fraction of sp³-hybridized carbons (Fsp3) is 0.556. The van der Waals surface area contributed by atoms with Crippen LogP contribution in [0.3, 0.4) is 0 Å². The summed E-state index contributed by atoms with van der Waals surface area (Å²) in [6.45, 7) is 2.99. The highest BCUT2D eigenvalue weighted by atomic mass is 16.5. The van der Waals surface area contributed by atoms with Crippen LogP contribution in [0, 0.1) is 5.92 Å². The number of urea groups is 1. The van der Waals surface area contributed by atoms with Crippen molar-refractivity contribution in [1.82, 2.24) is 9.80 Å². The van der Waals surface area contributed by atoms with Crippen molar-refractivity contribution in [2.75, 3.05) is 44.3 Å². The Morgan fingerprint density at radius 1 is 1.12 bits per heavy atom. The van der Waals surface area contributed by atoms with Crippen LogP contribution in [0.25, 0.3) is 0 Å². The van der Waals surface area contributed by atoms with Crippen LogP contribution >= 0.6 is 0 Å². The van der Waals surface area contributed by atoms with Crippen molar-refractivity contribution in [2.24, 2.45) is 5.92 Å². The zero-order valence-corrected chi connectivity index (χ0v) is 14.7. The number of nitrogens with two attached hydrogens (primary N) is 1. The molecule has 2 aliphatic rings. The van der Waals surface area contributed by atoms with Crippen LogP contribution in [0.5, 0.6) is 5.75 Å². The summed E-state index contributed by atoms with van der Waals surface area (Å²) in [5, 5.41) is 2.91. The van der Waals surface area contributed by atoms with Gasteiger partial charge in [-0.25, -0.2) is 4.79 Å². The van der Waals surface area contributed by atoms with E-state index in [9.17, 15) is 9.59 Å². The first kappa shape index (κ1) is 17.4. The van der Waals surface area contributed by atoms with Crippen molar-refractivity contribution in [3.63, 3.8) is 0 Å². The largest absolute Gasteiger partial charge is 0.495 e. The molecule has 25 heavy (non-hydrogen) atoms. The lowest BCUT2D eigenvalue weighted by Gasteiger charge is -2.34. The molecule has 3 amide bonds. The van der Waals surface area contributed by atoms with Gasteiger partial charge in [0.05, 0.1) is 12.8 Å². The molecule has 7 heteroatoms. The number of benzene rings is 1. The van der Waals surface area contributed by atoms with Crippen LogP contribution < -0.4 is 15.8 Å². The standard InChI is InChI=1S/C18H26N4O3/c1-25-16-5-4-14(12-15(16)19)20-17(23)13-6-10-22(11-7-13)18(24)21-8-2-3-9-21/h4-5,12-13H,2-3,6-11,19H2,1H3,(H,20,23). The maximum Gasteiger partial charge on any atom is 0.319 e. The van der Waals surface area contributed by atoms with Gasteiger partial charge in [0, 0.05) is 37.8 Å². The van der Waals surface area contributed by atoms with E-state index in [2.05, 4.69) is 5.32 Å². The number of hydrogen-bond donors (Lipinski definition) is 2. The number of ether oxygens (including phenoxy) is 1. The minimum Gasteiger partial charge on any atom is -0.495 e. The first-order chi connectivity index (χ1) is 12.1. The van der Waals surface area contributed by atoms with Gasteiger partial charge >= 0.3 is 6.03 Å². The van der Waals surface area contributed by atoms with E-state index in [1.54, 1.807) is 25.3 Å². The molecule has 0 saturated carbocycles. The molecule has 7 nitrogen and oxygen atoms in total. The maximum atomic E-state index is 12.5. The molecule has 0 unspecified atom stereocenters. The van der Waals surface area contributed by atoms with Crippen molar-refractivity contribution in [3.05, 3.63) is 18.2 Å². The monoisotopic (exact) mass is 346 g/mol. The van der Waals surface area contributed by atoms with Gasteiger partial charge in [0.1, 0.15) is 5.75 Å². The summed E-state index contributed by atoms with van der Waals surface area (Å²) in [4.78, 5) is 28.7. The molecule has 3 N–H and O–H groups in total. The third kappa shape index (κ3) is 3.97. The highest BCUT2D eigenvalue weighted by Gasteiger charge is 2.30. The summed E-state index contributed by atoms with van der Waals surface area (Å²) in [5.74, 6) is 0.496. The van der Waals surface area contributed by atoms with E-state index >= 15 is 0 Å². The van der Waals surface area contributed by atoms with Gasteiger partial charge in [0.25, 0.3) is 0 Å². The normalized spacial score (nSPS) is 18.3. The van der Waals surface area contributed by atoms with Gasteiger partial charge in [-0.3, -0.25) is 4.79 Å². The van der Waals surface area contributed by atoms with Gasteiger partial charge in [0.2, 0.25) is 5.91 Å². The quantitative estimate of drug-likeness (QED) is 0.821. The second kappa shape index (κ2) is 7.63. The maximum absolute atomic E-state index is 12.5. The SMILES string of the molecule is COc1ccc(NC(=O)C2CCN(C(=O)N3CCCC3)CC2)cc1N. The second-order valence-corrected chi connectivity index (χ2v) is 6.68. The molecule has 1 aromatic rings. The van der Waals surface area contributed by atoms with Gasteiger partial charge in [-0.05, 0) is 43.9 Å². The van der Waals surface area contributed by atoms with Crippen molar-refractivity contribution in [3.8, 4) is 5.75 Å². The van der Waals surface area contributed by atoms with Gasteiger partial charge in [-0.2, -0.15) is 0 Å². The second-order valence-electron chi connectivity index (χ2n) is 6.68. The molecular formula is C18H26N4O3.